The third-order valence-electron chi connectivity index (χ3n) is 4.59. The largest absolute Gasteiger partial charge is 0.299 e. The Hall–Kier alpha value is -1.22. The van der Waals surface area contributed by atoms with Gasteiger partial charge in [0.25, 0.3) is 0 Å². The van der Waals surface area contributed by atoms with Gasteiger partial charge in [-0.1, -0.05) is 12.5 Å². The number of aromatic nitrogens is 1. The highest BCUT2D eigenvalue weighted by atomic mass is 16.1. The molecule has 2 heterocycles. The molecule has 0 N–H and O–H groups in total. The zero-order valence-electron chi connectivity index (χ0n) is 11.4. The van der Waals surface area contributed by atoms with Crippen LogP contribution in [0.15, 0.2) is 24.5 Å². The molecule has 2 aliphatic rings. The molecule has 1 aliphatic heterocycles. The number of hydrogen-bond acceptors (Lipinski definition) is 3. The highest BCUT2D eigenvalue weighted by Crippen LogP contribution is 2.33. The number of carbonyl (C=O) groups excluding carboxylic acids is 1. The number of ketones is 1. The lowest BCUT2D eigenvalue weighted by atomic mass is 9.82. The lowest BCUT2D eigenvalue weighted by Gasteiger charge is -2.33. The van der Waals surface area contributed by atoms with Crippen LogP contribution in [0, 0.1) is 5.92 Å². The highest BCUT2D eigenvalue weighted by molar-refractivity contribution is 5.82. The molecule has 1 aromatic rings. The van der Waals surface area contributed by atoms with Crippen molar-refractivity contribution in [2.75, 3.05) is 6.54 Å². The zero-order chi connectivity index (χ0) is 13.1. The number of carbonyl (C=O) groups is 1. The number of rotatable bonds is 3. The smallest absolute Gasteiger partial charge is 0.137 e. The van der Waals surface area contributed by atoms with Crippen LogP contribution >= 0.6 is 0 Å². The molecule has 0 aromatic carbocycles. The Morgan fingerprint density at radius 1 is 1.26 bits per heavy atom. The molecule has 0 spiro atoms. The van der Waals surface area contributed by atoms with Gasteiger partial charge in [0.2, 0.25) is 0 Å². The van der Waals surface area contributed by atoms with E-state index in [1.165, 1.54) is 24.8 Å². The molecule has 2 fully saturated rings. The summed E-state index contributed by atoms with van der Waals surface area (Å²) in [4.78, 5) is 18.8. The molecular formula is C16H22N2O. The van der Waals surface area contributed by atoms with Gasteiger partial charge in [-0.05, 0) is 43.9 Å². The molecule has 1 aliphatic carbocycles. The Balaban J connectivity index is 1.69. The summed E-state index contributed by atoms with van der Waals surface area (Å²) in [7, 11) is 0. The number of pyridine rings is 1. The van der Waals surface area contributed by atoms with Crippen LogP contribution < -0.4 is 0 Å². The standard InChI is InChI=1S/C16H22N2O/c19-16-8-2-1-6-14(16)15-7-4-10-18(15)12-13-5-3-9-17-11-13/h3,5,9,11,14-15H,1-2,4,6-8,10,12H2. The van der Waals surface area contributed by atoms with Crippen molar-refractivity contribution in [3.8, 4) is 0 Å². The maximum Gasteiger partial charge on any atom is 0.137 e. The van der Waals surface area contributed by atoms with Gasteiger partial charge >= 0.3 is 0 Å². The van der Waals surface area contributed by atoms with Gasteiger partial charge in [0, 0.05) is 37.3 Å². The third-order valence-corrected chi connectivity index (χ3v) is 4.59. The van der Waals surface area contributed by atoms with Crippen molar-refractivity contribution in [1.29, 1.82) is 0 Å². The van der Waals surface area contributed by atoms with Crippen molar-refractivity contribution in [3.05, 3.63) is 30.1 Å². The summed E-state index contributed by atoms with van der Waals surface area (Å²) >= 11 is 0. The fourth-order valence-corrected chi connectivity index (χ4v) is 3.65. The molecule has 19 heavy (non-hydrogen) atoms. The van der Waals surface area contributed by atoms with Crippen LogP contribution in [0.1, 0.15) is 44.1 Å². The van der Waals surface area contributed by atoms with E-state index in [9.17, 15) is 4.79 Å². The predicted octanol–water partition coefficient (Wildman–Crippen LogP) is 2.81. The topological polar surface area (TPSA) is 33.2 Å². The van der Waals surface area contributed by atoms with Gasteiger partial charge in [-0.15, -0.1) is 0 Å². The first-order valence-corrected chi connectivity index (χ1v) is 7.50. The Bertz CT molecular complexity index is 432. The summed E-state index contributed by atoms with van der Waals surface area (Å²) in [6.45, 7) is 2.08. The van der Waals surface area contributed by atoms with E-state index in [1.807, 2.05) is 18.5 Å². The molecule has 3 heteroatoms. The maximum atomic E-state index is 12.1. The zero-order valence-corrected chi connectivity index (χ0v) is 11.4. The number of Topliss-reactive ketones (excluding diaryl/α,β-unsaturated/α-hetero) is 1. The van der Waals surface area contributed by atoms with Crippen LogP contribution in [-0.4, -0.2) is 28.3 Å². The molecule has 2 atom stereocenters. The Kier molecular flexibility index (Phi) is 3.92. The fraction of sp³-hybridized carbons (Fsp3) is 0.625. The summed E-state index contributed by atoms with van der Waals surface area (Å²) < 4.78 is 0. The average Bonchev–Trinajstić information content (AvgIpc) is 2.88. The van der Waals surface area contributed by atoms with Crippen LogP contribution in [0.4, 0.5) is 0 Å². The minimum Gasteiger partial charge on any atom is -0.299 e. The van der Waals surface area contributed by atoms with E-state index in [4.69, 9.17) is 0 Å². The van der Waals surface area contributed by atoms with Crippen LogP contribution in [0.2, 0.25) is 0 Å². The van der Waals surface area contributed by atoms with Crippen LogP contribution in [0.25, 0.3) is 0 Å². The first-order valence-electron chi connectivity index (χ1n) is 7.50. The summed E-state index contributed by atoms with van der Waals surface area (Å²) in [5, 5.41) is 0. The van der Waals surface area contributed by atoms with E-state index in [0.717, 1.165) is 32.4 Å². The fourth-order valence-electron chi connectivity index (χ4n) is 3.65. The number of nitrogens with zero attached hydrogens (tertiary/aromatic N) is 2. The highest BCUT2D eigenvalue weighted by Gasteiger charge is 2.36. The maximum absolute atomic E-state index is 12.1. The van der Waals surface area contributed by atoms with Crippen molar-refractivity contribution in [3.63, 3.8) is 0 Å². The average molecular weight is 258 g/mol. The summed E-state index contributed by atoms with van der Waals surface area (Å²) in [6.07, 6.45) is 10.4. The van der Waals surface area contributed by atoms with E-state index in [-0.39, 0.29) is 0 Å². The van der Waals surface area contributed by atoms with Crippen molar-refractivity contribution in [1.82, 2.24) is 9.88 Å². The van der Waals surface area contributed by atoms with Gasteiger partial charge in [-0.2, -0.15) is 0 Å². The van der Waals surface area contributed by atoms with Crippen molar-refractivity contribution in [2.24, 2.45) is 5.92 Å². The van der Waals surface area contributed by atoms with Gasteiger partial charge in [0.15, 0.2) is 0 Å². The summed E-state index contributed by atoms with van der Waals surface area (Å²) in [5.41, 5.74) is 1.26. The van der Waals surface area contributed by atoms with Gasteiger partial charge in [-0.25, -0.2) is 0 Å². The van der Waals surface area contributed by atoms with E-state index >= 15 is 0 Å². The van der Waals surface area contributed by atoms with Crippen molar-refractivity contribution >= 4 is 5.78 Å². The molecule has 0 bridgehead atoms. The molecule has 0 radical (unpaired) electrons. The van der Waals surface area contributed by atoms with Crippen molar-refractivity contribution in [2.45, 2.75) is 51.1 Å². The second kappa shape index (κ2) is 5.83. The normalized spacial score (nSPS) is 28.7. The molecule has 102 valence electrons. The van der Waals surface area contributed by atoms with E-state index in [1.54, 1.807) is 0 Å². The molecular weight excluding hydrogens is 236 g/mol. The van der Waals surface area contributed by atoms with Crippen LogP contribution in [0.5, 0.6) is 0 Å². The molecule has 1 aromatic heterocycles. The molecule has 1 saturated heterocycles. The first-order chi connectivity index (χ1) is 9.34. The number of likely N-dealkylation sites (tertiary alicyclic amines) is 1. The molecule has 2 unspecified atom stereocenters. The number of hydrogen-bond donors (Lipinski definition) is 0. The Morgan fingerprint density at radius 2 is 2.21 bits per heavy atom. The lowest BCUT2D eigenvalue weighted by Crippen LogP contribution is -2.40. The third kappa shape index (κ3) is 2.86. The lowest BCUT2D eigenvalue weighted by molar-refractivity contribution is -0.126. The molecule has 3 nitrogen and oxygen atoms in total. The van der Waals surface area contributed by atoms with Crippen LogP contribution in [0.3, 0.4) is 0 Å². The van der Waals surface area contributed by atoms with Crippen molar-refractivity contribution < 1.29 is 4.79 Å². The molecule has 1 saturated carbocycles. The molecule has 3 rings (SSSR count). The van der Waals surface area contributed by atoms with Gasteiger partial charge in [-0.3, -0.25) is 14.7 Å². The van der Waals surface area contributed by atoms with E-state index in [2.05, 4.69) is 16.0 Å². The predicted molar refractivity (Wildman–Crippen MR) is 74.6 cm³/mol. The van der Waals surface area contributed by atoms with Gasteiger partial charge < -0.3 is 0 Å². The quantitative estimate of drug-likeness (QED) is 0.836. The minimum atomic E-state index is 0.299. The summed E-state index contributed by atoms with van der Waals surface area (Å²) in [5.74, 6) is 0.808. The first kappa shape index (κ1) is 12.8. The monoisotopic (exact) mass is 258 g/mol. The SMILES string of the molecule is O=C1CCCCC1C1CCCN1Cc1cccnc1. The summed E-state index contributed by atoms with van der Waals surface area (Å²) in [6, 6.07) is 4.60. The molecule has 0 amide bonds. The minimum absolute atomic E-state index is 0.299. The van der Waals surface area contributed by atoms with Gasteiger partial charge in [0.05, 0.1) is 0 Å². The van der Waals surface area contributed by atoms with Gasteiger partial charge in [0.1, 0.15) is 5.78 Å². The van der Waals surface area contributed by atoms with E-state index in [0.29, 0.717) is 17.7 Å². The Morgan fingerprint density at radius 3 is 3.00 bits per heavy atom. The van der Waals surface area contributed by atoms with Crippen LogP contribution in [-0.2, 0) is 11.3 Å². The second-order valence-electron chi connectivity index (χ2n) is 5.86. The van der Waals surface area contributed by atoms with E-state index < -0.39 is 0 Å². The Labute approximate surface area is 115 Å². The second-order valence-corrected chi connectivity index (χ2v) is 5.86.